The molecular formula is C10H13N3OS. The Kier molecular flexibility index (Phi) is 3.13. The van der Waals surface area contributed by atoms with Gasteiger partial charge in [-0.3, -0.25) is 0 Å². The molecule has 2 aromatic rings. The second kappa shape index (κ2) is 4.55. The molecule has 0 fully saturated rings. The van der Waals surface area contributed by atoms with E-state index in [9.17, 15) is 0 Å². The van der Waals surface area contributed by atoms with Crippen molar-refractivity contribution in [2.24, 2.45) is 0 Å². The lowest BCUT2D eigenvalue weighted by molar-refractivity contribution is 0.447. The fourth-order valence-electron chi connectivity index (χ4n) is 1.28. The Hall–Kier alpha value is -1.20. The summed E-state index contributed by atoms with van der Waals surface area (Å²) in [6.07, 6.45) is 0. The number of aromatic nitrogens is 2. The van der Waals surface area contributed by atoms with Crippen molar-refractivity contribution in [1.29, 1.82) is 0 Å². The van der Waals surface area contributed by atoms with Crippen LogP contribution in [0.15, 0.2) is 16.5 Å². The molecule has 2 rings (SSSR count). The van der Waals surface area contributed by atoms with Crippen LogP contribution >= 0.6 is 11.3 Å². The van der Waals surface area contributed by atoms with Crippen LogP contribution in [-0.2, 0) is 13.1 Å². The van der Waals surface area contributed by atoms with Gasteiger partial charge in [-0.1, -0.05) is 0 Å². The molecule has 0 bridgehead atoms. The topological polar surface area (TPSA) is 51.0 Å². The zero-order valence-corrected chi connectivity index (χ0v) is 9.60. The highest BCUT2D eigenvalue weighted by molar-refractivity contribution is 7.11. The zero-order chi connectivity index (χ0) is 10.7. The number of thiophene rings is 1. The Bertz CT molecular complexity index is 395. The summed E-state index contributed by atoms with van der Waals surface area (Å²) in [5.74, 6) is 1.25. The molecule has 2 aromatic heterocycles. The Morgan fingerprint density at radius 3 is 2.73 bits per heavy atom. The van der Waals surface area contributed by atoms with E-state index < -0.39 is 0 Å². The molecule has 0 saturated carbocycles. The first-order chi connectivity index (χ1) is 7.24. The van der Waals surface area contributed by atoms with E-state index in [1.165, 1.54) is 9.75 Å². The molecule has 0 aromatic carbocycles. The average molecular weight is 223 g/mol. The second-order valence-corrected chi connectivity index (χ2v) is 4.70. The number of nitrogens with one attached hydrogen (secondary N) is 1. The molecule has 0 radical (unpaired) electrons. The van der Waals surface area contributed by atoms with Crippen molar-refractivity contribution in [2.75, 3.05) is 0 Å². The van der Waals surface area contributed by atoms with Crippen molar-refractivity contribution in [1.82, 2.24) is 15.5 Å². The number of hydrogen-bond acceptors (Lipinski definition) is 5. The lowest BCUT2D eigenvalue weighted by Crippen LogP contribution is -2.11. The standard InChI is InChI=1S/C10H13N3OS/c1-7-3-4-9(15-7)5-11-6-10-13-12-8(2)14-10/h3-4,11H,5-6H2,1-2H3. The molecule has 0 amide bonds. The summed E-state index contributed by atoms with van der Waals surface area (Å²) in [5.41, 5.74) is 0. The molecule has 0 unspecified atom stereocenters. The minimum atomic E-state index is 0.610. The van der Waals surface area contributed by atoms with Crippen LogP contribution in [0.5, 0.6) is 0 Å². The van der Waals surface area contributed by atoms with Crippen molar-refractivity contribution >= 4 is 11.3 Å². The van der Waals surface area contributed by atoms with E-state index in [1.807, 2.05) is 0 Å². The van der Waals surface area contributed by atoms with E-state index in [-0.39, 0.29) is 0 Å². The smallest absolute Gasteiger partial charge is 0.230 e. The molecule has 0 spiro atoms. The van der Waals surface area contributed by atoms with E-state index in [4.69, 9.17) is 4.42 Å². The maximum absolute atomic E-state index is 5.25. The monoisotopic (exact) mass is 223 g/mol. The van der Waals surface area contributed by atoms with Gasteiger partial charge in [-0.15, -0.1) is 21.5 Å². The highest BCUT2D eigenvalue weighted by atomic mass is 32.1. The number of rotatable bonds is 4. The molecule has 15 heavy (non-hydrogen) atoms. The lowest BCUT2D eigenvalue weighted by Gasteiger charge is -1.97. The van der Waals surface area contributed by atoms with Crippen LogP contribution in [0.25, 0.3) is 0 Å². The first-order valence-corrected chi connectivity index (χ1v) is 5.61. The van der Waals surface area contributed by atoms with Crippen molar-refractivity contribution < 1.29 is 4.42 Å². The summed E-state index contributed by atoms with van der Waals surface area (Å²) in [5, 5.41) is 10.9. The van der Waals surface area contributed by atoms with Gasteiger partial charge in [-0.05, 0) is 19.1 Å². The highest BCUT2D eigenvalue weighted by Crippen LogP contribution is 2.14. The van der Waals surface area contributed by atoms with Crippen LogP contribution < -0.4 is 5.32 Å². The van der Waals surface area contributed by atoms with Crippen LogP contribution in [-0.4, -0.2) is 10.2 Å². The van der Waals surface area contributed by atoms with Gasteiger partial charge in [-0.25, -0.2) is 0 Å². The molecule has 5 heteroatoms. The van der Waals surface area contributed by atoms with Crippen LogP contribution in [0.3, 0.4) is 0 Å². The first kappa shape index (κ1) is 10.3. The predicted octanol–water partition coefficient (Wildman–Crippen LogP) is 2.04. The predicted molar refractivity (Wildman–Crippen MR) is 58.6 cm³/mol. The summed E-state index contributed by atoms with van der Waals surface area (Å²) in [6.45, 7) is 5.37. The molecule has 0 aliphatic rings. The lowest BCUT2D eigenvalue weighted by atomic mass is 10.4. The number of nitrogens with zero attached hydrogens (tertiary/aromatic N) is 2. The third kappa shape index (κ3) is 2.87. The van der Waals surface area contributed by atoms with Gasteiger partial charge >= 0.3 is 0 Å². The van der Waals surface area contributed by atoms with E-state index in [0.717, 1.165) is 6.54 Å². The van der Waals surface area contributed by atoms with Crippen molar-refractivity contribution in [2.45, 2.75) is 26.9 Å². The van der Waals surface area contributed by atoms with Crippen LogP contribution in [0.1, 0.15) is 21.5 Å². The SMILES string of the molecule is Cc1nnc(CNCc2ccc(C)s2)o1. The average Bonchev–Trinajstić information content (AvgIpc) is 2.76. The van der Waals surface area contributed by atoms with Crippen LogP contribution in [0, 0.1) is 13.8 Å². The quantitative estimate of drug-likeness (QED) is 0.861. The Morgan fingerprint density at radius 1 is 1.27 bits per heavy atom. The zero-order valence-electron chi connectivity index (χ0n) is 8.78. The summed E-state index contributed by atoms with van der Waals surface area (Å²) in [4.78, 5) is 2.66. The van der Waals surface area contributed by atoms with Gasteiger partial charge in [0.25, 0.3) is 0 Å². The molecule has 2 heterocycles. The van der Waals surface area contributed by atoms with Gasteiger partial charge in [0.15, 0.2) is 0 Å². The van der Waals surface area contributed by atoms with Crippen molar-refractivity contribution in [3.05, 3.63) is 33.7 Å². The normalized spacial score (nSPS) is 10.8. The molecule has 4 nitrogen and oxygen atoms in total. The Balaban J connectivity index is 1.80. The number of aryl methyl sites for hydroxylation is 2. The van der Waals surface area contributed by atoms with Gasteiger partial charge in [0.05, 0.1) is 6.54 Å². The van der Waals surface area contributed by atoms with E-state index in [1.54, 1.807) is 18.3 Å². The molecule has 80 valence electrons. The first-order valence-electron chi connectivity index (χ1n) is 4.79. The summed E-state index contributed by atoms with van der Waals surface area (Å²) < 4.78 is 5.25. The van der Waals surface area contributed by atoms with Crippen molar-refractivity contribution in [3.63, 3.8) is 0 Å². The summed E-state index contributed by atoms with van der Waals surface area (Å²) in [7, 11) is 0. The third-order valence-corrected chi connectivity index (χ3v) is 2.94. The summed E-state index contributed by atoms with van der Waals surface area (Å²) >= 11 is 1.80. The van der Waals surface area contributed by atoms with Gasteiger partial charge in [-0.2, -0.15) is 0 Å². The minimum absolute atomic E-state index is 0.610. The van der Waals surface area contributed by atoms with E-state index >= 15 is 0 Å². The van der Waals surface area contributed by atoms with Gasteiger partial charge in [0.2, 0.25) is 11.8 Å². The van der Waals surface area contributed by atoms with Crippen LogP contribution in [0.2, 0.25) is 0 Å². The Labute approximate surface area is 92.3 Å². The molecular weight excluding hydrogens is 210 g/mol. The second-order valence-electron chi connectivity index (χ2n) is 3.33. The van der Waals surface area contributed by atoms with E-state index in [2.05, 4.69) is 34.6 Å². The van der Waals surface area contributed by atoms with Gasteiger partial charge < -0.3 is 9.73 Å². The van der Waals surface area contributed by atoms with Crippen molar-refractivity contribution in [3.8, 4) is 0 Å². The third-order valence-electron chi connectivity index (χ3n) is 1.94. The molecule has 0 aliphatic carbocycles. The van der Waals surface area contributed by atoms with Gasteiger partial charge in [0.1, 0.15) is 0 Å². The molecule has 1 N–H and O–H groups in total. The highest BCUT2D eigenvalue weighted by Gasteiger charge is 2.01. The minimum Gasteiger partial charge on any atom is -0.424 e. The summed E-state index contributed by atoms with van der Waals surface area (Å²) in [6, 6.07) is 4.25. The maximum atomic E-state index is 5.25. The maximum Gasteiger partial charge on any atom is 0.230 e. The Morgan fingerprint density at radius 2 is 2.13 bits per heavy atom. The fourth-order valence-corrected chi connectivity index (χ4v) is 2.14. The van der Waals surface area contributed by atoms with Gasteiger partial charge in [0, 0.05) is 23.2 Å². The fraction of sp³-hybridized carbons (Fsp3) is 0.400. The van der Waals surface area contributed by atoms with E-state index in [0.29, 0.717) is 18.3 Å². The van der Waals surface area contributed by atoms with Crippen LogP contribution in [0.4, 0.5) is 0 Å². The molecule has 0 aliphatic heterocycles. The molecule has 0 saturated heterocycles. The number of hydrogen-bond donors (Lipinski definition) is 1. The largest absolute Gasteiger partial charge is 0.424 e. The molecule has 0 atom stereocenters.